The Morgan fingerprint density at radius 2 is 1.62 bits per heavy atom. The van der Waals surface area contributed by atoms with E-state index >= 15 is 0 Å². The van der Waals surface area contributed by atoms with Gasteiger partial charge >= 0.3 is 17.6 Å². The van der Waals surface area contributed by atoms with Crippen LogP contribution in [0.15, 0.2) is 88.2 Å². The zero-order chi connectivity index (χ0) is 34.8. The van der Waals surface area contributed by atoms with E-state index in [-0.39, 0.29) is 18.7 Å². The molecule has 3 aromatic heterocycles. The Bertz CT molecular complexity index is 2290. The Hall–Kier alpha value is -5.66. The highest BCUT2D eigenvalue weighted by Crippen LogP contribution is 2.35. The summed E-state index contributed by atoms with van der Waals surface area (Å²) in [4.78, 5) is 40.8. The Morgan fingerprint density at radius 1 is 0.920 bits per heavy atom. The summed E-state index contributed by atoms with van der Waals surface area (Å²) in [5.74, 6) is 6.23. The summed E-state index contributed by atoms with van der Waals surface area (Å²) in [6.07, 6.45) is 2.05. The summed E-state index contributed by atoms with van der Waals surface area (Å²) in [5, 5.41) is 3.08. The number of hydrogen-bond donors (Lipinski definition) is 0. The fraction of sp³-hybridized carbons (Fsp3) is 0.300. The predicted molar refractivity (Wildman–Crippen MR) is 189 cm³/mol. The van der Waals surface area contributed by atoms with Gasteiger partial charge in [0.1, 0.15) is 25.0 Å². The fourth-order valence-electron chi connectivity index (χ4n) is 6.65. The van der Waals surface area contributed by atoms with Gasteiger partial charge in [-0.3, -0.25) is 14.2 Å². The second-order valence-corrected chi connectivity index (χ2v) is 12.6. The van der Waals surface area contributed by atoms with Gasteiger partial charge < -0.3 is 23.2 Å². The van der Waals surface area contributed by atoms with Crippen molar-refractivity contribution in [3.05, 3.63) is 101 Å². The lowest BCUT2D eigenvalue weighted by Crippen LogP contribution is -2.31. The van der Waals surface area contributed by atoms with Crippen LogP contribution in [0.25, 0.3) is 44.2 Å². The molecule has 1 saturated heterocycles. The van der Waals surface area contributed by atoms with E-state index in [0.717, 1.165) is 30.5 Å². The van der Waals surface area contributed by atoms with E-state index < -0.39 is 36.1 Å². The summed E-state index contributed by atoms with van der Waals surface area (Å²) < 4.78 is 26.6. The third-order valence-electron chi connectivity index (χ3n) is 9.01. The Labute approximate surface area is 288 Å². The number of para-hydroxylation sites is 2. The number of benzene rings is 3. The van der Waals surface area contributed by atoms with Crippen molar-refractivity contribution in [1.29, 1.82) is 0 Å². The first kappa shape index (κ1) is 32.9. The number of hydrogen-bond acceptors (Lipinski definition) is 8. The molecule has 3 atom stereocenters. The molecule has 0 amide bonds. The first-order valence-corrected chi connectivity index (χ1v) is 16.8. The molecular formula is C40H37N3O7. The molecule has 50 heavy (non-hydrogen) atoms. The SMILES string of the molecule is CC(=O)OC[C@H]1O[C@@H](n2cc3c(C#CCCCCn4c5ccccc5c5ccccc54)c(-c4ccc(C)cc4)oc3nc2=O)C[C@@H]1OC(C)=O. The standard InChI is InChI=1S/C40H37N3O7/c1-25-17-19-28(20-18-25)38-31(14-6-4-5-11-21-42-33-15-9-7-12-29(33)30-13-8-10-16-34(30)42)32-23-43(40(46)41-39(32)50-38)37-22-35(48-27(3)45)36(49-37)24-47-26(2)44/h7-10,12-13,15-20,23,35-37H,4-5,11,21-22,24H2,1-3H3/t35-,36+,37+/m0/s1. The Balaban J connectivity index is 1.16. The van der Waals surface area contributed by atoms with Gasteiger partial charge in [-0.15, -0.1) is 0 Å². The van der Waals surface area contributed by atoms with E-state index in [9.17, 15) is 14.4 Å². The van der Waals surface area contributed by atoms with E-state index in [0.29, 0.717) is 23.1 Å². The van der Waals surface area contributed by atoms with Gasteiger partial charge in [-0.25, -0.2) is 4.79 Å². The first-order valence-electron chi connectivity index (χ1n) is 16.8. The predicted octanol–water partition coefficient (Wildman–Crippen LogP) is 7.08. The lowest BCUT2D eigenvalue weighted by atomic mass is 10.1. The van der Waals surface area contributed by atoms with Gasteiger partial charge in [-0.2, -0.15) is 4.98 Å². The molecule has 7 rings (SSSR count). The molecule has 1 fully saturated rings. The highest BCUT2D eigenvalue weighted by molar-refractivity contribution is 6.07. The molecule has 0 radical (unpaired) electrons. The van der Waals surface area contributed by atoms with Gasteiger partial charge in [0, 0.05) is 66.8 Å². The van der Waals surface area contributed by atoms with E-state index in [2.05, 4.69) is 69.9 Å². The fourth-order valence-corrected chi connectivity index (χ4v) is 6.65. The summed E-state index contributed by atoms with van der Waals surface area (Å²) in [5.41, 5.74) is 4.58. The van der Waals surface area contributed by atoms with Crippen LogP contribution in [-0.4, -0.2) is 44.9 Å². The number of fused-ring (bicyclic) bond motifs is 4. The Kier molecular flexibility index (Phi) is 9.24. The number of carbonyl (C=O) groups is 2. The molecule has 0 unspecified atom stereocenters. The quantitative estimate of drug-likeness (QED) is 0.0911. The van der Waals surface area contributed by atoms with Crippen LogP contribution in [0.4, 0.5) is 0 Å². The van der Waals surface area contributed by atoms with Crippen LogP contribution in [-0.2, 0) is 30.3 Å². The van der Waals surface area contributed by atoms with Crippen LogP contribution >= 0.6 is 0 Å². The van der Waals surface area contributed by atoms with Crippen molar-refractivity contribution in [2.24, 2.45) is 0 Å². The van der Waals surface area contributed by atoms with Crippen molar-refractivity contribution in [2.45, 2.75) is 71.4 Å². The molecule has 6 aromatic rings. The summed E-state index contributed by atoms with van der Waals surface area (Å²) in [7, 11) is 0. The Morgan fingerprint density at radius 3 is 2.30 bits per heavy atom. The van der Waals surface area contributed by atoms with Crippen LogP contribution in [0.5, 0.6) is 0 Å². The molecule has 1 aliphatic heterocycles. The molecule has 10 nitrogen and oxygen atoms in total. The van der Waals surface area contributed by atoms with E-state index in [1.54, 1.807) is 6.20 Å². The van der Waals surface area contributed by atoms with E-state index in [1.165, 1.54) is 40.2 Å². The molecule has 4 heterocycles. The molecule has 0 spiro atoms. The lowest BCUT2D eigenvalue weighted by molar-refractivity contribution is -0.155. The summed E-state index contributed by atoms with van der Waals surface area (Å²) >= 11 is 0. The average Bonchev–Trinajstić information content (AvgIpc) is 3.76. The van der Waals surface area contributed by atoms with Crippen LogP contribution in [0, 0.1) is 18.8 Å². The minimum atomic E-state index is -0.816. The maximum atomic E-state index is 13.3. The second-order valence-electron chi connectivity index (χ2n) is 12.6. The number of esters is 2. The zero-order valence-electron chi connectivity index (χ0n) is 28.2. The van der Waals surface area contributed by atoms with Crippen molar-refractivity contribution < 1.29 is 28.2 Å². The van der Waals surface area contributed by atoms with Gasteiger partial charge in [-0.1, -0.05) is 78.1 Å². The maximum absolute atomic E-state index is 13.3. The number of aromatic nitrogens is 3. The van der Waals surface area contributed by atoms with Crippen molar-refractivity contribution in [1.82, 2.24) is 14.1 Å². The van der Waals surface area contributed by atoms with Crippen LogP contribution < -0.4 is 5.69 Å². The maximum Gasteiger partial charge on any atom is 0.353 e. The number of furan rings is 1. The largest absolute Gasteiger partial charge is 0.463 e. The third kappa shape index (κ3) is 6.65. The first-order chi connectivity index (χ1) is 24.3. The highest BCUT2D eigenvalue weighted by atomic mass is 16.6. The number of ether oxygens (including phenoxy) is 3. The molecule has 0 N–H and O–H groups in total. The number of rotatable bonds is 9. The second kappa shape index (κ2) is 14.1. The number of nitrogens with zero attached hydrogens (tertiary/aromatic N) is 3. The molecule has 0 saturated carbocycles. The highest BCUT2D eigenvalue weighted by Gasteiger charge is 2.40. The number of aryl methyl sites for hydroxylation is 2. The molecule has 3 aromatic carbocycles. The van der Waals surface area contributed by atoms with Crippen LogP contribution in [0.3, 0.4) is 0 Å². The molecule has 1 aliphatic rings. The monoisotopic (exact) mass is 671 g/mol. The summed E-state index contributed by atoms with van der Waals surface area (Å²) in [6.45, 7) is 5.35. The minimum Gasteiger partial charge on any atom is -0.463 e. The van der Waals surface area contributed by atoms with Crippen molar-refractivity contribution in [2.75, 3.05) is 6.61 Å². The molecule has 254 valence electrons. The van der Waals surface area contributed by atoms with Gasteiger partial charge in [0.2, 0.25) is 5.71 Å². The van der Waals surface area contributed by atoms with Crippen molar-refractivity contribution in [3.8, 4) is 23.2 Å². The topological polar surface area (TPSA) is 115 Å². The molecule has 0 aliphatic carbocycles. The average molecular weight is 672 g/mol. The smallest absolute Gasteiger partial charge is 0.353 e. The minimum absolute atomic E-state index is 0.120. The lowest BCUT2D eigenvalue weighted by Gasteiger charge is -2.17. The van der Waals surface area contributed by atoms with Crippen LogP contribution in [0.1, 0.15) is 56.9 Å². The number of unbranched alkanes of at least 4 members (excludes halogenated alkanes) is 2. The van der Waals surface area contributed by atoms with E-state index in [4.69, 9.17) is 18.6 Å². The van der Waals surface area contributed by atoms with Gasteiger partial charge in [-0.05, 0) is 31.9 Å². The molecule has 0 bridgehead atoms. The van der Waals surface area contributed by atoms with Crippen molar-refractivity contribution in [3.63, 3.8) is 0 Å². The van der Waals surface area contributed by atoms with Crippen molar-refractivity contribution >= 4 is 44.8 Å². The van der Waals surface area contributed by atoms with Crippen LogP contribution in [0.2, 0.25) is 0 Å². The normalized spacial score (nSPS) is 17.2. The molecular weight excluding hydrogens is 634 g/mol. The van der Waals surface area contributed by atoms with Gasteiger partial charge in [0.15, 0.2) is 5.76 Å². The number of carbonyl (C=O) groups excluding carboxylic acids is 2. The van der Waals surface area contributed by atoms with Gasteiger partial charge in [0.25, 0.3) is 0 Å². The third-order valence-corrected chi connectivity index (χ3v) is 9.01. The zero-order valence-corrected chi connectivity index (χ0v) is 28.2. The summed E-state index contributed by atoms with van der Waals surface area (Å²) in [6, 6.07) is 24.9. The van der Waals surface area contributed by atoms with E-state index in [1.807, 2.05) is 31.2 Å². The molecule has 10 heteroatoms. The van der Waals surface area contributed by atoms with Gasteiger partial charge in [0.05, 0.1) is 10.9 Å².